The van der Waals surface area contributed by atoms with Gasteiger partial charge in [-0.15, -0.1) is 0 Å². The third-order valence-electron chi connectivity index (χ3n) is 7.08. The van der Waals surface area contributed by atoms with Gasteiger partial charge in [0.15, 0.2) is 0 Å². The van der Waals surface area contributed by atoms with E-state index >= 15 is 0 Å². The molecule has 0 radical (unpaired) electrons. The van der Waals surface area contributed by atoms with Crippen LogP contribution in [0, 0.1) is 35.5 Å². The van der Waals surface area contributed by atoms with Gasteiger partial charge in [0.2, 0.25) is 0 Å². The lowest BCUT2D eigenvalue weighted by molar-refractivity contribution is -0.133. The van der Waals surface area contributed by atoms with Gasteiger partial charge in [-0.1, -0.05) is 26.7 Å². The van der Waals surface area contributed by atoms with Crippen molar-refractivity contribution in [2.45, 2.75) is 83.5 Å². The van der Waals surface area contributed by atoms with Crippen molar-refractivity contribution < 1.29 is 17.6 Å². The first-order chi connectivity index (χ1) is 11.0. The topological polar surface area (TPSA) is 0 Å². The van der Waals surface area contributed by atoms with Crippen LogP contribution >= 0.6 is 0 Å². The lowest BCUT2D eigenvalue weighted by Crippen LogP contribution is -2.57. The van der Waals surface area contributed by atoms with Gasteiger partial charge in [0, 0.05) is 11.8 Å². The molecular formula is C19H30F4. The molecular weight excluding hydrogens is 304 g/mol. The van der Waals surface area contributed by atoms with Crippen molar-refractivity contribution in [2.24, 2.45) is 35.5 Å². The maximum atomic E-state index is 14.9. The second-order valence-corrected chi connectivity index (χ2v) is 8.22. The summed E-state index contributed by atoms with van der Waals surface area (Å²) in [5.41, 5.74) is 0. The van der Waals surface area contributed by atoms with Gasteiger partial charge in [-0.2, -0.15) is 0 Å². The number of hydrogen-bond donors (Lipinski definition) is 0. The Morgan fingerprint density at radius 2 is 1.17 bits per heavy atom. The van der Waals surface area contributed by atoms with Crippen molar-refractivity contribution in [2.75, 3.05) is 0 Å². The molecule has 3 saturated carbocycles. The van der Waals surface area contributed by atoms with Crippen molar-refractivity contribution in [1.82, 2.24) is 0 Å². The number of rotatable bonds is 3. The molecule has 0 bridgehead atoms. The first-order valence-electron chi connectivity index (χ1n) is 9.55. The summed E-state index contributed by atoms with van der Waals surface area (Å²) in [7, 11) is 0. The Morgan fingerprint density at radius 3 is 1.65 bits per heavy atom. The quantitative estimate of drug-likeness (QED) is 0.568. The lowest BCUT2D eigenvalue weighted by Gasteiger charge is -2.54. The molecule has 10 unspecified atom stereocenters. The molecule has 0 aromatic carbocycles. The summed E-state index contributed by atoms with van der Waals surface area (Å²) in [6.45, 7) is 3.88. The van der Waals surface area contributed by atoms with Crippen molar-refractivity contribution in [3.05, 3.63) is 0 Å². The van der Waals surface area contributed by atoms with Gasteiger partial charge in [-0.3, -0.25) is 0 Å². The van der Waals surface area contributed by atoms with Gasteiger partial charge in [0.1, 0.15) is 24.7 Å². The fourth-order valence-corrected chi connectivity index (χ4v) is 5.96. The summed E-state index contributed by atoms with van der Waals surface area (Å²) >= 11 is 0. The van der Waals surface area contributed by atoms with E-state index in [2.05, 4.69) is 0 Å². The van der Waals surface area contributed by atoms with Crippen molar-refractivity contribution in [1.29, 1.82) is 0 Å². The molecule has 0 aromatic rings. The summed E-state index contributed by atoms with van der Waals surface area (Å²) in [6, 6.07) is 0. The van der Waals surface area contributed by atoms with Gasteiger partial charge in [0.05, 0.1) is 0 Å². The zero-order chi connectivity index (χ0) is 16.7. The van der Waals surface area contributed by atoms with Crippen LogP contribution < -0.4 is 0 Å². The third-order valence-corrected chi connectivity index (χ3v) is 7.08. The van der Waals surface area contributed by atoms with Crippen LogP contribution in [0.2, 0.25) is 0 Å². The highest BCUT2D eigenvalue weighted by molar-refractivity contribution is 5.05. The molecule has 3 fully saturated rings. The minimum atomic E-state index is -1.61. The maximum Gasteiger partial charge on any atom is 0.135 e. The maximum absolute atomic E-state index is 14.9. The molecule has 0 spiro atoms. The van der Waals surface area contributed by atoms with Crippen LogP contribution in [0.15, 0.2) is 0 Å². The molecule has 3 rings (SSSR count). The van der Waals surface area contributed by atoms with Crippen LogP contribution in [0.1, 0.15) is 58.8 Å². The zero-order valence-electron chi connectivity index (χ0n) is 14.2. The lowest BCUT2D eigenvalue weighted by atomic mass is 9.53. The van der Waals surface area contributed by atoms with Gasteiger partial charge < -0.3 is 0 Å². The summed E-state index contributed by atoms with van der Waals surface area (Å²) in [5.74, 6) is -1.63. The van der Waals surface area contributed by atoms with E-state index in [0.29, 0.717) is 25.7 Å². The molecule has 23 heavy (non-hydrogen) atoms. The standard InChI is InChI=1S/C19H30F4/c1-3-5-13-9-12-7-6-11-8-10(4-2)16(20)18(22)14(11)15(12)19(23)17(13)21/h10-19H,3-9H2,1-2H3. The average molecular weight is 334 g/mol. The predicted octanol–water partition coefficient (Wildman–Crippen LogP) is 5.85. The fraction of sp³-hybridized carbons (Fsp3) is 1.00. The molecule has 134 valence electrons. The highest BCUT2D eigenvalue weighted by Crippen LogP contribution is 2.56. The van der Waals surface area contributed by atoms with E-state index in [1.165, 1.54) is 0 Å². The van der Waals surface area contributed by atoms with Crippen LogP contribution in [0.25, 0.3) is 0 Å². The number of halogens is 4. The Labute approximate surface area is 137 Å². The highest BCUT2D eigenvalue weighted by Gasteiger charge is 2.57. The second kappa shape index (κ2) is 6.92. The molecule has 4 heteroatoms. The highest BCUT2D eigenvalue weighted by atomic mass is 19.2. The van der Waals surface area contributed by atoms with Gasteiger partial charge in [-0.25, -0.2) is 17.6 Å². The van der Waals surface area contributed by atoms with E-state index < -0.39 is 36.5 Å². The normalized spacial score (nSPS) is 53.5. The molecule has 10 atom stereocenters. The summed E-state index contributed by atoms with van der Waals surface area (Å²) < 4.78 is 58.6. The monoisotopic (exact) mass is 334 g/mol. The molecule has 0 N–H and O–H groups in total. The van der Waals surface area contributed by atoms with E-state index in [1.54, 1.807) is 0 Å². The Hall–Kier alpha value is -0.280. The zero-order valence-corrected chi connectivity index (χ0v) is 14.2. The van der Waals surface area contributed by atoms with Crippen molar-refractivity contribution in [3.63, 3.8) is 0 Å². The molecule has 3 aliphatic rings. The predicted molar refractivity (Wildman–Crippen MR) is 84.2 cm³/mol. The molecule has 0 heterocycles. The average Bonchev–Trinajstić information content (AvgIpc) is 2.55. The van der Waals surface area contributed by atoms with E-state index in [0.717, 1.165) is 19.3 Å². The van der Waals surface area contributed by atoms with Crippen LogP contribution in [-0.2, 0) is 0 Å². The molecule has 3 aliphatic carbocycles. The van der Waals surface area contributed by atoms with Crippen LogP contribution in [-0.4, -0.2) is 24.7 Å². The van der Waals surface area contributed by atoms with Crippen LogP contribution in [0.5, 0.6) is 0 Å². The van der Waals surface area contributed by atoms with Gasteiger partial charge >= 0.3 is 0 Å². The molecule has 0 saturated heterocycles. The second-order valence-electron chi connectivity index (χ2n) is 8.22. The Morgan fingerprint density at radius 1 is 0.696 bits per heavy atom. The van der Waals surface area contributed by atoms with Gasteiger partial charge in [0.25, 0.3) is 0 Å². The smallest absolute Gasteiger partial charge is 0.135 e. The third kappa shape index (κ3) is 2.93. The van der Waals surface area contributed by atoms with E-state index in [-0.39, 0.29) is 23.7 Å². The summed E-state index contributed by atoms with van der Waals surface area (Å²) in [4.78, 5) is 0. The minimum absolute atomic E-state index is 0.0383. The first-order valence-corrected chi connectivity index (χ1v) is 9.55. The number of alkyl halides is 4. The SMILES string of the molecule is CCCC1CC2CCC3CC(CC)C(F)C(F)C3C2C(F)C1F. The first kappa shape index (κ1) is 17.5. The molecule has 0 amide bonds. The van der Waals surface area contributed by atoms with E-state index in [1.807, 2.05) is 13.8 Å². The van der Waals surface area contributed by atoms with Crippen LogP contribution in [0.4, 0.5) is 17.6 Å². The minimum Gasteiger partial charge on any atom is -0.244 e. The van der Waals surface area contributed by atoms with Crippen LogP contribution in [0.3, 0.4) is 0 Å². The number of hydrogen-bond acceptors (Lipinski definition) is 0. The molecule has 0 aliphatic heterocycles. The Kier molecular flexibility index (Phi) is 5.27. The van der Waals surface area contributed by atoms with Gasteiger partial charge in [-0.05, 0) is 55.8 Å². The Bertz CT molecular complexity index is 397. The summed E-state index contributed by atoms with van der Waals surface area (Å²) in [5, 5.41) is 0. The Balaban J connectivity index is 1.82. The largest absolute Gasteiger partial charge is 0.244 e. The fourth-order valence-electron chi connectivity index (χ4n) is 5.96. The number of fused-ring (bicyclic) bond motifs is 3. The van der Waals surface area contributed by atoms with E-state index in [9.17, 15) is 17.6 Å². The summed E-state index contributed by atoms with van der Waals surface area (Å²) in [6.07, 6.45) is -1.03. The van der Waals surface area contributed by atoms with E-state index in [4.69, 9.17) is 0 Å². The molecule has 0 nitrogen and oxygen atoms in total. The molecule has 0 aromatic heterocycles. The van der Waals surface area contributed by atoms with Crippen molar-refractivity contribution in [3.8, 4) is 0 Å². The van der Waals surface area contributed by atoms with Crippen molar-refractivity contribution >= 4 is 0 Å².